The van der Waals surface area contributed by atoms with E-state index in [1.807, 2.05) is 0 Å². The minimum absolute atomic E-state index is 0.199. The van der Waals surface area contributed by atoms with Gasteiger partial charge in [-0.25, -0.2) is 4.79 Å². The van der Waals surface area contributed by atoms with Crippen molar-refractivity contribution in [2.24, 2.45) is 0 Å². The smallest absolute Gasteiger partial charge is 0.326 e. The summed E-state index contributed by atoms with van der Waals surface area (Å²) < 4.78 is 4.83. The molecule has 21 heavy (non-hydrogen) atoms. The van der Waals surface area contributed by atoms with Gasteiger partial charge < -0.3 is 15.2 Å². The number of nitrogens with one attached hydrogen (secondary N) is 1. The molecule has 1 amide bonds. The van der Waals surface area contributed by atoms with Crippen LogP contribution in [0.5, 0.6) is 0 Å². The normalized spacial score (nSPS) is 12.0. The molecular weight excluding hydrogens is 274 g/mol. The van der Waals surface area contributed by atoms with Crippen LogP contribution in [0.4, 0.5) is 0 Å². The van der Waals surface area contributed by atoms with Crippen molar-refractivity contribution in [1.29, 1.82) is 0 Å². The van der Waals surface area contributed by atoms with Crippen LogP contribution in [-0.2, 0) is 9.53 Å². The molecule has 0 aliphatic carbocycles. The van der Waals surface area contributed by atoms with Gasteiger partial charge in [-0.05, 0) is 18.2 Å². The standard InChI is InChI=1S/C14H15N3O4/c1-21-7-4-11(14(19)20)17-13(18)9-2-3-10-12(8-9)16-6-5-15-10/h2-3,5-6,8,11H,4,7H2,1H3,(H,17,18)(H,19,20). The zero-order valence-electron chi connectivity index (χ0n) is 11.4. The molecule has 0 spiro atoms. The predicted molar refractivity (Wildman–Crippen MR) is 74.9 cm³/mol. The van der Waals surface area contributed by atoms with Crippen molar-refractivity contribution in [3.05, 3.63) is 36.2 Å². The number of carbonyl (C=O) groups is 2. The fraction of sp³-hybridized carbons (Fsp3) is 0.286. The molecule has 1 aromatic heterocycles. The summed E-state index contributed by atoms with van der Waals surface area (Å²) in [6.45, 7) is 0.250. The maximum Gasteiger partial charge on any atom is 0.326 e. The van der Waals surface area contributed by atoms with E-state index in [0.29, 0.717) is 16.6 Å². The molecule has 0 saturated carbocycles. The van der Waals surface area contributed by atoms with Crippen molar-refractivity contribution in [1.82, 2.24) is 15.3 Å². The van der Waals surface area contributed by atoms with Gasteiger partial charge in [0.2, 0.25) is 0 Å². The highest BCUT2D eigenvalue weighted by Gasteiger charge is 2.20. The Bertz CT molecular complexity index is 659. The number of methoxy groups -OCH3 is 1. The molecule has 110 valence electrons. The summed E-state index contributed by atoms with van der Waals surface area (Å²) in [6, 6.07) is 3.84. The van der Waals surface area contributed by atoms with Crippen LogP contribution in [0.1, 0.15) is 16.8 Å². The van der Waals surface area contributed by atoms with Crippen molar-refractivity contribution in [2.75, 3.05) is 13.7 Å². The molecule has 1 heterocycles. The van der Waals surface area contributed by atoms with Gasteiger partial charge in [-0.1, -0.05) is 0 Å². The first-order valence-corrected chi connectivity index (χ1v) is 6.35. The van der Waals surface area contributed by atoms with Crippen LogP contribution >= 0.6 is 0 Å². The fourth-order valence-electron chi connectivity index (χ4n) is 1.84. The van der Waals surface area contributed by atoms with Crippen LogP contribution in [-0.4, -0.2) is 46.7 Å². The lowest BCUT2D eigenvalue weighted by molar-refractivity contribution is -0.139. The number of ether oxygens (including phenoxy) is 1. The van der Waals surface area contributed by atoms with Crippen LogP contribution in [0.2, 0.25) is 0 Å². The largest absolute Gasteiger partial charge is 0.480 e. The Labute approximate surface area is 121 Å². The van der Waals surface area contributed by atoms with E-state index in [1.165, 1.54) is 13.3 Å². The van der Waals surface area contributed by atoms with Crippen molar-refractivity contribution < 1.29 is 19.4 Å². The van der Waals surface area contributed by atoms with Gasteiger partial charge in [0.25, 0.3) is 5.91 Å². The summed E-state index contributed by atoms with van der Waals surface area (Å²) in [7, 11) is 1.47. The third kappa shape index (κ3) is 3.73. The van der Waals surface area contributed by atoms with E-state index in [0.717, 1.165) is 0 Å². The average molecular weight is 289 g/mol. The van der Waals surface area contributed by atoms with Gasteiger partial charge in [0.1, 0.15) is 6.04 Å². The molecule has 2 aromatic rings. The molecule has 0 saturated heterocycles. The van der Waals surface area contributed by atoms with Crippen LogP contribution in [0.3, 0.4) is 0 Å². The second kappa shape index (κ2) is 6.76. The number of amides is 1. The first-order valence-electron chi connectivity index (χ1n) is 6.35. The van der Waals surface area contributed by atoms with E-state index in [-0.39, 0.29) is 13.0 Å². The fourth-order valence-corrected chi connectivity index (χ4v) is 1.84. The number of nitrogens with zero attached hydrogens (tertiary/aromatic N) is 2. The van der Waals surface area contributed by atoms with Crippen LogP contribution in [0.15, 0.2) is 30.6 Å². The molecule has 1 aromatic carbocycles. The second-order valence-corrected chi connectivity index (χ2v) is 4.41. The van der Waals surface area contributed by atoms with E-state index in [9.17, 15) is 9.59 Å². The highest BCUT2D eigenvalue weighted by molar-refractivity contribution is 5.99. The van der Waals surface area contributed by atoms with Crippen molar-refractivity contribution in [2.45, 2.75) is 12.5 Å². The molecule has 7 heteroatoms. The number of hydrogen-bond donors (Lipinski definition) is 2. The Morgan fingerprint density at radius 1 is 1.29 bits per heavy atom. The number of benzene rings is 1. The van der Waals surface area contributed by atoms with E-state index in [2.05, 4.69) is 15.3 Å². The third-order valence-corrected chi connectivity index (χ3v) is 2.95. The molecule has 2 rings (SSSR count). The minimum Gasteiger partial charge on any atom is -0.480 e. The third-order valence-electron chi connectivity index (χ3n) is 2.95. The van der Waals surface area contributed by atoms with Gasteiger partial charge in [-0.2, -0.15) is 0 Å². The molecule has 0 aliphatic rings. The molecule has 0 bridgehead atoms. The number of carboxylic acids is 1. The first-order chi connectivity index (χ1) is 10.1. The van der Waals surface area contributed by atoms with Crippen molar-refractivity contribution >= 4 is 22.9 Å². The summed E-state index contributed by atoms with van der Waals surface area (Å²) >= 11 is 0. The van der Waals surface area contributed by atoms with Crippen molar-refractivity contribution in [3.8, 4) is 0 Å². The van der Waals surface area contributed by atoms with Crippen LogP contribution in [0.25, 0.3) is 11.0 Å². The number of aromatic nitrogens is 2. The van der Waals surface area contributed by atoms with E-state index >= 15 is 0 Å². The highest BCUT2D eigenvalue weighted by atomic mass is 16.5. The lowest BCUT2D eigenvalue weighted by Crippen LogP contribution is -2.41. The molecule has 0 aliphatic heterocycles. The number of carboxylic acid groups (broad SMARTS) is 1. The number of fused-ring (bicyclic) bond motifs is 1. The first kappa shape index (κ1) is 14.9. The average Bonchev–Trinajstić information content (AvgIpc) is 2.50. The van der Waals surface area contributed by atoms with E-state index < -0.39 is 17.9 Å². The second-order valence-electron chi connectivity index (χ2n) is 4.41. The van der Waals surface area contributed by atoms with Gasteiger partial charge in [0.15, 0.2) is 0 Å². The number of aliphatic carboxylic acids is 1. The summed E-state index contributed by atoms with van der Waals surface area (Å²) in [5, 5.41) is 11.5. The molecule has 0 radical (unpaired) electrons. The summed E-state index contributed by atoms with van der Waals surface area (Å²) in [4.78, 5) is 31.4. The monoisotopic (exact) mass is 289 g/mol. The summed E-state index contributed by atoms with van der Waals surface area (Å²) in [5.74, 6) is -1.56. The lowest BCUT2D eigenvalue weighted by atomic mass is 10.1. The van der Waals surface area contributed by atoms with Crippen LogP contribution < -0.4 is 5.32 Å². The molecule has 0 fully saturated rings. The van der Waals surface area contributed by atoms with Gasteiger partial charge in [-0.3, -0.25) is 14.8 Å². The predicted octanol–water partition coefficient (Wildman–Crippen LogP) is 0.849. The van der Waals surface area contributed by atoms with E-state index in [1.54, 1.807) is 24.4 Å². The zero-order chi connectivity index (χ0) is 15.2. The molecule has 2 N–H and O–H groups in total. The van der Waals surface area contributed by atoms with Gasteiger partial charge in [0, 0.05) is 38.1 Å². The summed E-state index contributed by atoms with van der Waals surface area (Å²) in [6.07, 6.45) is 3.29. The maximum absolute atomic E-state index is 12.1. The van der Waals surface area contributed by atoms with Gasteiger partial charge >= 0.3 is 5.97 Å². The topological polar surface area (TPSA) is 101 Å². The van der Waals surface area contributed by atoms with E-state index in [4.69, 9.17) is 9.84 Å². The Morgan fingerprint density at radius 3 is 2.67 bits per heavy atom. The number of hydrogen-bond acceptors (Lipinski definition) is 5. The SMILES string of the molecule is COCCC(NC(=O)c1ccc2nccnc2c1)C(=O)O. The Balaban J connectivity index is 2.15. The number of rotatable bonds is 6. The molecular formula is C14H15N3O4. The minimum atomic E-state index is -1.10. The number of carbonyl (C=O) groups excluding carboxylic acids is 1. The lowest BCUT2D eigenvalue weighted by Gasteiger charge is -2.14. The highest BCUT2D eigenvalue weighted by Crippen LogP contribution is 2.11. The molecule has 1 unspecified atom stereocenters. The zero-order valence-corrected chi connectivity index (χ0v) is 11.4. The molecule has 1 atom stereocenters. The Kier molecular flexibility index (Phi) is 4.78. The quantitative estimate of drug-likeness (QED) is 0.817. The Hall–Kier alpha value is -2.54. The van der Waals surface area contributed by atoms with Gasteiger partial charge in [0.05, 0.1) is 11.0 Å². The summed E-state index contributed by atoms with van der Waals surface area (Å²) in [5.41, 5.74) is 1.59. The maximum atomic E-state index is 12.1. The van der Waals surface area contributed by atoms with Gasteiger partial charge in [-0.15, -0.1) is 0 Å². The Morgan fingerprint density at radius 2 is 2.00 bits per heavy atom. The van der Waals surface area contributed by atoms with Crippen LogP contribution in [0, 0.1) is 0 Å². The molecule has 7 nitrogen and oxygen atoms in total. The van der Waals surface area contributed by atoms with Crippen molar-refractivity contribution in [3.63, 3.8) is 0 Å².